The minimum Gasteiger partial charge on any atom is -0.497 e. The van der Waals surface area contributed by atoms with Crippen molar-refractivity contribution in [2.45, 2.75) is 26.4 Å². The lowest BCUT2D eigenvalue weighted by atomic mass is 10.2. The second-order valence-corrected chi connectivity index (χ2v) is 4.88. The molecule has 0 amide bonds. The Morgan fingerprint density at radius 3 is 2.30 bits per heavy atom. The Morgan fingerprint density at radius 2 is 1.80 bits per heavy atom. The maximum atomic E-state index is 5.26. The number of methoxy groups -OCH3 is 2. The molecule has 20 heavy (non-hydrogen) atoms. The lowest BCUT2D eigenvalue weighted by Crippen LogP contribution is -2.01. The molecule has 0 atom stereocenters. The second kappa shape index (κ2) is 6.32. The molecule has 0 saturated heterocycles. The highest BCUT2D eigenvalue weighted by atomic mass is 16.5. The van der Waals surface area contributed by atoms with Gasteiger partial charge in [0.25, 0.3) is 0 Å². The molecule has 0 aliphatic carbocycles. The van der Waals surface area contributed by atoms with E-state index in [4.69, 9.17) is 9.47 Å². The maximum absolute atomic E-state index is 5.26. The molecule has 0 spiro atoms. The first kappa shape index (κ1) is 14.2. The molecule has 1 aromatic carbocycles. The first-order valence-electron chi connectivity index (χ1n) is 6.62. The van der Waals surface area contributed by atoms with Crippen LogP contribution in [0.25, 0.3) is 0 Å². The third-order valence-corrected chi connectivity index (χ3v) is 3.04. The summed E-state index contributed by atoms with van der Waals surface area (Å²) in [5.74, 6) is 1.58. The van der Waals surface area contributed by atoms with Gasteiger partial charge in [-0.2, -0.15) is 5.10 Å². The van der Waals surface area contributed by atoms with Crippen LogP contribution in [-0.4, -0.2) is 24.0 Å². The molecule has 2 aromatic rings. The first-order chi connectivity index (χ1) is 9.62. The summed E-state index contributed by atoms with van der Waals surface area (Å²) in [6.07, 6.45) is 3.83. The van der Waals surface area contributed by atoms with Gasteiger partial charge in [0, 0.05) is 24.8 Å². The van der Waals surface area contributed by atoms with Crippen molar-refractivity contribution in [2.75, 3.05) is 19.5 Å². The lowest BCUT2D eigenvalue weighted by molar-refractivity contribution is 0.393. The van der Waals surface area contributed by atoms with Gasteiger partial charge in [-0.1, -0.05) is 0 Å². The van der Waals surface area contributed by atoms with Crippen LogP contribution in [0.5, 0.6) is 11.5 Å². The molecule has 0 unspecified atom stereocenters. The standard InChI is InChI=1S/C15H21N3O2/c1-11(2)18-10-13(9-17-18)16-8-12-5-14(19-3)7-15(6-12)20-4/h5-7,9-11,16H,8H2,1-4H3. The van der Waals surface area contributed by atoms with E-state index in [0.29, 0.717) is 12.6 Å². The number of benzene rings is 1. The SMILES string of the molecule is COc1cc(CNc2cnn(C(C)C)c2)cc(OC)c1. The molecule has 0 fully saturated rings. The summed E-state index contributed by atoms with van der Waals surface area (Å²) in [4.78, 5) is 0. The zero-order valence-electron chi connectivity index (χ0n) is 12.4. The predicted octanol–water partition coefficient (Wildman–Crippen LogP) is 3.09. The number of hydrogen-bond acceptors (Lipinski definition) is 4. The van der Waals surface area contributed by atoms with Crippen molar-refractivity contribution in [3.63, 3.8) is 0 Å². The van der Waals surface area contributed by atoms with E-state index in [1.165, 1.54) is 0 Å². The average Bonchev–Trinajstić information content (AvgIpc) is 2.93. The zero-order valence-corrected chi connectivity index (χ0v) is 12.4. The van der Waals surface area contributed by atoms with Gasteiger partial charge in [-0.3, -0.25) is 4.68 Å². The third kappa shape index (κ3) is 3.44. The number of rotatable bonds is 6. The molecule has 5 nitrogen and oxygen atoms in total. The summed E-state index contributed by atoms with van der Waals surface area (Å²) < 4.78 is 12.4. The largest absolute Gasteiger partial charge is 0.497 e. The highest BCUT2D eigenvalue weighted by Crippen LogP contribution is 2.23. The molecule has 1 heterocycles. The second-order valence-electron chi connectivity index (χ2n) is 4.88. The molecule has 0 aliphatic rings. The molecule has 0 saturated carbocycles. The van der Waals surface area contributed by atoms with Gasteiger partial charge in [-0.15, -0.1) is 0 Å². The van der Waals surface area contributed by atoms with E-state index in [1.807, 2.05) is 35.3 Å². The van der Waals surface area contributed by atoms with Crippen LogP contribution in [0.4, 0.5) is 5.69 Å². The van der Waals surface area contributed by atoms with Gasteiger partial charge in [0.15, 0.2) is 0 Å². The number of anilines is 1. The molecule has 108 valence electrons. The third-order valence-electron chi connectivity index (χ3n) is 3.04. The highest BCUT2D eigenvalue weighted by Gasteiger charge is 2.04. The average molecular weight is 275 g/mol. The number of aromatic nitrogens is 2. The Morgan fingerprint density at radius 1 is 1.15 bits per heavy atom. The van der Waals surface area contributed by atoms with Crippen LogP contribution >= 0.6 is 0 Å². The molecule has 5 heteroatoms. The molecular weight excluding hydrogens is 254 g/mol. The van der Waals surface area contributed by atoms with Crippen LogP contribution in [0.2, 0.25) is 0 Å². The van der Waals surface area contributed by atoms with Crippen molar-refractivity contribution in [1.29, 1.82) is 0 Å². The fourth-order valence-electron chi connectivity index (χ4n) is 1.88. The van der Waals surface area contributed by atoms with Gasteiger partial charge in [0.1, 0.15) is 11.5 Å². The number of hydrogen-bond donors (Lipinski definition) is 1. The van der Waals surface area contributed by atoms with Crippen LogP contribution in [0, 0.1) is 0 Å². The normalized spacial score (nSPS) is 10.7. The smallest absolute Gasteiger partial charge is 0.122 e. The van der Waals surface area contributed by atoms with Crippen molar-refractivity contribution in [3.8, 4) is 11.5 Å². The summed E-state index contributed by atoms with van der Waals surface area (Å²) >= 11 is 0. The highest BCUT2D eigenvalue weighted by molar-refractivity contribution is 5.43. The van der Waals surface area contributed by atoms with Gasteiger partial charge >= 0.3 is 0 Å². The van der Waals surface area contributed by atoms with Gasteiger partial charge in [0.2, 0.25) is 0 Å². The van der Waals surface area contributed by atoms with Crippen molar-refractivity contribution >= 4 is 5.69 Å². The van der Waals surface area contributed by atoms with Gasteiger partial charge in [-0.05, 0) is 31.5 Å². The van der Waals surface area contributed by atoms with Gasteiger partial charge < -0.3 is 14.8 Å². The van der Waals surface area contributed by atoms with E-state index in [2.05, 4.69) is 24.3 Å². The molecule has 0 aliphatic heterocycles. The number of ether oxygens (including phenoxy) is 2. The summed E-state index contributed by atoms with van der Waals surface area (Å²) in [5, 5.41) is 7.64. The van der Waals surface area contributed by atoms with E-state index < -0.39 is 0 Å². The van der Waals surface area contributed by atoms with E-state index in [1.54, 1.807) is 14.2 Å². The minimum absolute atomic E-state index is 0.363. The molecule has 2 rings (SSSR count). The fourth-order valence-corrected chi connectivity index (χ4v) is 1.88. The predicted molar refractivity (Wildman–Crippen MR) is 79.5 cm³/mol. The van der Waals surface area contributed by atoms with E-state index in [-0.39, 0.29) is 0 Å². The topological polar surface area (TPSA) is 48.3 Å². The van der Waals surface area contributed by atoms with Crippen molar-refractivity contribution < 1.29 is 9.47 Å². The van der Waals surface area contributed by atoms with Crippen LogP contribution in [0.15, 0.2) is 30.6 Å². The van der Waals surface area contributed by atoms with Gasteiger partial charge in [0.05, 0.1) is 26.1 Å². The van der Waals surface area contributed by atoms with Gasteiger partial charge in [-0.25, -0.2) is 0 Å². The summed E-state index contributed by atoms with van der Waals surface area (Å²) in [7, 11) is 3.30. The van der Waals surface area contributed by atoms with E-state index in [9.17, 15) is 0 Å². The molecule has 0 bridgehead atoms. The number of nitrogens with one attached hydrogen (secondary N) is 1. The summed E-state index contributed by atoms with van der Waals surface area (Å²) in [6.45, 7) is 4.89. The minimum atomic E-state index is 0.363. The summed E-state index contributed by atoms with van der Waals surface area (Å²) in [6, 6.07) is 6.20. The van der Waals surface area contributed by atoms with Crippen LogP contribution in [0.1, 0.15) is 25.5 Å². The zero-order chi connectivity index (χ0) is 14.5. The maximum Gasteiger partial charge on any atom is 0.122 e. The number of nitrogens with zero attached hydrogens (tertiary/aromatic N) is 2. The fraction of sp³-hybridized carbons (Fsp3) is 0.400. The van der Waals surface area contributed by atoms with Crippen molar-refractivity contribution in [1.82, 2.24) is 9.78 Å². The Labute approximate surface area is 119 Å². The molecule has 0 radical (unpaired) electrons. The lowest BCUT2D eigenvalue weighted by Gasteiger charge is -2.09. The van der Waals surface area contributed by atoms with Crippen LogP contribution < -0.4 is 14.8 Å². The summed E-state index contributed by atoms with van der Waals surface area (Å²) in [5.41, 5.74) is 2.10. The molecular formula is C15H21N3O2. The molecule has 1 aromatic heterocycles. The first-order valence-corrected chi connectivity index (χ1v) is 6.62. The Bertz CT molecular complexity index is 542. The Hall–Kier alpha value is -2.17. The van der Waals surface area contributed by atoms with Crippen LogP contribution in [-0.2, 0) is 6.54 Å². The van der Waals surface area contributed by atoms with E-state index >= 15 is 0 Å². The molecule has 1 N–H and O–H groups in total. The van der Waals surface area contributed by atoms with Crippen molar-refractivity contribution in [2.24, 2.45) is 0 Å². The van der Waals surface area contributed by atoms with Crippen molar-refractivity contribution in [3.05, 3.63) is 36.2 Å². The monoisotopic (exact) mass is 275 g/mol. The Kier molecular flexibility index (Phi) is 4.50. The van der Waals surface area contributed by atoms with E-state index in [0.717, 1.165) is 22.7 Å². The van der Waals surface area contributed by atoms with Crippen LogP contribution in [0.3, 0.4) is 0 Å². The Balaban J connectivity index is 2.05. The quantitative estimate of drug-likeness (QED) is 0.880.